The summed E-state index contributed by atoms with van der Waals surface area (Å²) in [5.74, 6) is 0.292. The molecular formula is C15H22ClN5O. The van der Waals surface area contributed by atoms with E-state index < -0.39 is 0 Å². The van der Waals surface area contributed by atoms with E-state index in [0.717, 1.165) is 31.0 Å². The quantitative estimate of drug-likeness (QED) is 0.754. The minimum absolute atomic E-state index is 0. The highest BCUT2D eigenvalue weighted by atomic mass is 35.5. The maximum Gasteiger partial charge on any atom is 0.0716 e. The van der Waals surface area contributed by atoms with Crippen LogP contribution in [-0.4, -0.2) is 45.6 Å². The fraction of sp³-hybridized carbons (Fsp3) is 0.467. The van der Waals surface area contributed by atoms with Gasteiger partial charge in [0.1, 0.15) is 0 Å². The monoisotopic (exact) mass is 323 g/mol. The lowest BCUT2D eigenvalue weighted by atomic mass is 10.1. The van der Waals surface area contributed by atoms with E-state index in [9.17, 15) is 5.11 Å². The molecular weight excluding hydrogens is 302 g/mol. The van der Waals surface area contributed by atoms with Crippen LogP contribution in [0.3, 0.4) is 0 Å². The average molecular weight is 324 g/mol. The van der Waals surface area contributed by atoms with Crippen molar-refractivity contribution in [1.82, 2.24) is 25.4 Å². The third-order valence-corrected chi connectivity index (χ3v) is 3.95. The van der Waals surface area contributed by atoms with Crippen LogP contribution >= 0.6 is 12.4 Å². The van der Waals surface area contributed by atoms with Crippen molar-refractivity contribution >= 4 is 12.4 Å². The molecule has 0 aromatic carbocycles. The fourth-order valence-electron chi connectivity index (χ4n) is 2.62. The maximum absolute atomic E-state index is 9.77. The van der Waals surface area contributed by atoms with Crippen molar-refractivity contribution in [2.24, 2.45) is 5.92 Å². The van der Waals surface area contributed by atoms with E-state index in [2.05, 4.69) is 20.7 Å². The molecule has 0 aliphatic carbocycles. The first-order valence-corrected chi connectivity index (χ1v) is 7.29. The number of aliphatic hydroxyl groups is 1. The van der Waals surface area contributed by atoms with Gasteiger partial charge in [-0.1, -0.05) is 0 Å². The molecule has 1 fully saturated rings. The molecule has 1 saturated heterocycles. The minimum Gasteiger partial charge on any atom is -0.391 e. The number of aliphatic hydroxyl groups excluding tert-OH is 1. The van der Waals surface area contributed by atoms with Crippen molar-refractivity contribution in [2.75, 3.05) is 19.6 Å². The Morgan fingerprint density at radius 2 is 2.14 bits per heavy atom. The molecule has 3 N–H and O–H groups in total. The smallest absolute Gasteiger partial charge is 0.0716 e. The average Bonchev–Trinajstić information content (AvgIpc) is 3.07. The summed E-state index contributed by atoms with van der Waals surface area (Å²) in [6, 6.07) is 3.87. The lowest BCUT2D eigenvalue weighted by molar-refractivity contribution is 0.146. The molecule has 2 atom stereocenters. The number of hydrogen-bond acceptors (Lipinski definition) is 5. The summed E-state index contributed by atoms with van der Waals surface area (Å²) in [5.41, 5.74) is 3.20. The van der Waals surface area contributed by atoms with Gasteiger partial charge in [0, 0.05) is 56.3 Å². The number of aromatic nitrogens is 3. The summed E-state index contributed by atoms with van der Waals surface area (Å²) in [6.07, 6.45) is 5.33. The molecule has 6 nitrogen and oxygen atoms in total. The standard InChI is InChI=1S/C15H21N5O.ClH/c1-11-13(8-17-6-12-7-18-9-15(12)21)10-20(19-11)14-2-4-16-5-3-14;/h2-5,10,12,15,17-18,21H,6-9H2,1H3;1H. The third kappa shape index (κ3) is 3.84. The molecule has 22 heavy (non-hydrogen) atoms. The third-order valence-electron chi connectivity index (χ3n) is 3.95. The highest BCUT2D eigenvalue weighted by molar-refractivity contribution is 5.85. The van der Waals surface area contributed by atoms with Crippen molar-refractivity contribution in [3.05, 3.63) is 42.0 Å². The molecule has 3 rings (SSSR count). The van der Waals surface area contributed by atoms with Crippen LogP contribution in [0.4, 0.5) is 0 Å². The molecule has 0 saturated carbocycles. The molecule has 2 aromatic heterocycles. The molecule has 2 aromatic rings. The van der Waals surface area contributed by atoms with Gasteiger partial charge in [0.2, 0.25) is 0 Å². The molecule has 1 aliphatic heterocycles. The predicted octanol–water partition coefficient (Wildman–Crippen LogP) is 0.667. The number of nitrogens with zero attached hydrogens (tertiary/aromatic N) is 3. The number of rotatable bonds is 5. The van der Waals surface area contributed by atoms with Gasteiger partial charge in [-0.05, 0) is 19.1 Å². The maximum atomic E-state index is 9.77. The summed E-state index contributed by atoms with van der Waals surface area (Å²) in [4.78, 5) is 4.02. The number of pyridine rings is 1. The van der Waals surface area contributed by atoms with Crippen LogP contribution in [-0.2, 0) is 6.54 Å². The molecule has 1 aliphatic rings. The van der Waals surface area contributed by atoms with E-state index in [1.807, 2.05) is 29.9 Å². The first kappa shape index (κ1) is 16.9. The minimum atomic E-state index is -0.238. The molecule has 7 heteroatoms. The van der Waals surface area contributed by atoms with Crippen LogP contribution in [0.5, 0.6) is 0 Å². The highest BCUT2D eigenvalue weighted by Crippen LogP contribution is 2.12. The van der Waals surface area contributed by atoms with Gasteiger partial charge >= 0.3 is 0 Å². The zero-order valence-corrected chi connectivity index (χ0v) is 13.4. The van der Waals surface area contributed by atoms with Crippen LogP contribution < -0.4 is 10.6 Å². The topological polar surface area (TPSA) is 75.0 Å². The Kier molecular flexibility index (Phi) is 5.90. The summed E-state index contributed by atoms with van der Waals surface area (Å²) in [7, 11) is 0. The number of aryl methyl sites for hydroxylation is 1. The van der Waals surface area contributed by atoms with Crippen molar-refractivity contribution in [3.8, 4) is 5.69 Å². The van der Waals surface area contributed by atoms with Gasteiger partial charge < -0.3 is 15.7 Å². The van der Waals surface area contributed by atoms with Gasteiger partial charge in [-0.2, -0.15) is 5.10 Å². The summed E-state index contributed by atoms with van der Waals surface area (Å²) < 4.78 is 1.87. The molecule has 3 heterocycles. The molecule has 2 unspecified atom stereocenters. The Morgan fingerprint density at radius 3 is 2.82 bits per heavy atom. The SMILES string of the molecule is Cc1nn(-c2ccncc2)cc1CNCC1CNCC1O.Cl. The van der Waals surface area contributed by atoms with Crippen molar-refractivity contribution in [3.63, 3.8) is 0 Å². The molecule has 0 radical (unpaired) electrons. The van der Waals surface area contributed by atoms with E-state index in [-0.39, 0.29) is 18.5 Å². The second-order valence-electron chi connectivity index (χ2n) is 5.51. The van der Waals surface area contributed by atoms with Gasteiger partial charge in [0.25, 0.3) is 0 Å². The van der Waals surface area contributed by atoms with Gasteiger partial charge in [-0.15, -0.1) is 12.4 Å². The van der Waals surface area contributed by atoms with E-state index in [1.54, 1.807) is 12.4 Å². The predicted molar refractivity (Wildman–Crippen MR) is 87.4 cm³/mol. The Labute approximate surface area is 136 Å². The van der Waals surface area contributed by atoms with Crippen molar-refractivity contribution < 1.29 is 5.11 Å². The first-order chi connectivity index (χ1) is 10.2. The van der Waals surface area contributed by atoms with Crippen LogP contribution in [0.15, 0.2) is 30.7 Å². The fourth-order valence-corrected chi connectivity index (χ4v) is 2.62. The number of halogens is 1. The second-order valence-corrected chi connectivity index (χ2v) is 5.51. The largest absolute Gasteiger partial charge is 0.391 e. The van der Waals surface area contributed by atoms with Gasteiger partial charge in [0.15, 0.2) is 0 Å². The Morgan fingerprint density at radius 1 is 1.36 bits per heavy atom. The van der Waals surface area contributed by atoms with Crippen LogP contribution in [0.2, 0.25) is 0 Å². The van der Waals surface area contributed by atoms with E-state index in [0.29, 0.717) is 12.5 Å². The Bertz CT molecular complexity index is 589. The zero-order valence-electron chi connectivity index (χ0n) is 12.6. The van der Waals surface area contributed by atoms with E-state index in [4.69, 9.17) is 0 Å². The second kappa shape index (κ2) is 7.69. The van der Waals surface area contributed by atoms with Crippen LogP contribution in [0.1, 0.15) is 11.3 Å². The summed E-state index contributed by atoms with van der Waals surface area (Å²) in [6.45, 7) is 5.17. The summed E-state index contributed by atoms with van der Waals surface area (Å²) >= 11 is 0. The Hall–Kier alpha value is -1.47. The number of nitrogens with one attached hydrogen (secondary N) is 2. The Balaban J connectivity index is 0.00000176. The van der Waals surface area contributed by atoms with Crippen molar-refractivity contribution in [1.29, 1.82) is 0 Å². The van der Waals surface area contributed by atoms with Crippen LogP contribution in [0.25, 0.3) is 5.69 Å². The highest BCUT2D eigenvalue weighted by Gasteiger charge is 2.24. The zero-order chi connectivity index (χ0) is 14.7. The van der Waals surface area contributed by atoms with Gasteiger partial charge in [-0.25, -0.2) is 4.68 Å². The molecule has 120 valence electrons. The van der Waals surface area contributed by atoms with Crippen molar-refractivity contribution in [2.45, 2.75) is 19.6 Å². The molecule has 0 bridgehead atoms. The molecule has 0 amide bonds. The summed E-state index contributed by atoms with van der Waals surface area (Å²) in [5, 5.41) is 20.9. The van der Waals surface area contributed by atoms with E-state index in [1.165, 1.54) is 5.56 Å². The lowest BCUT2D eigenvalue weighted by Gasteiger charge is -2.13. The van der Waals surface area contributed by atoms with Gasteiger partial charge in [0.05, 0.1) is 17.5 Å². The lowest BCUT2D eigenvalue weighted by Crippen LogP contribution is -2.30. The first-order valence-electron chi connectivity index (χ1n) is 7.29. The molecule has 0 spiro atoms. The van der Waals surface area contributed by atoms with E-state index >= 15 is 0 Å². The number of hydrogen-bond donors (Lipinski definition) is 3. The van der Waals surface area contributed by atoms with Crippen LogP contribution in [0, 0.1) is 12.8 Å². The van der Waals surface area contributed by atoms with Gasteiger partial charge in [-0.3, -0.25) is 4.98 Å². The normalized spacial score (nSPS) is 20.8. The number of β-amino-alcohol motifs (C(OH)–C–C–N with tert-alkyl or cyclic N) is 1.